The van der Waals surface area contributed by atoms with Gasteiger partial charge in [0.2, 0.25) is 0 Å². The van der Waals surface area contributed by atoms with Crippen molar-refractivity contribution in [3.63, 3.8) is 0 Å². The number of nitrogens with two attached hydrogens (primary N) is 1. The van der Waals surface area contributed by atoms with Crippen molar-refractivity contribution >= 4 is 33.2 Å². The Labute approximate surface area is 183 Å². The molecule has 2 aromatic carbocycles. The molecule has 158 valence electrons. The molecule has 0 bridgehead atoms. The highest BCUT2D eigenvalue weighted by Crippen LogP contribution is 2.41. The van der Waals surface area contributed by atoms with Crippen LogP contribution in [0, 0.1) is 0 Å². The molecule has 1 saturated heterocycles. The summed E-state index contributed by atoms with van der Waals surface area (Å²) in [6, 6.07) is 21.6. The predicted octanol–water partition coefficient (Wildman–Crippen LogP) is 4.94. The highest BCUT2D eigenvalue weighted by molar-refractivity contribution is 7.21. The summed E-state index contributed by atoms with van der Waals surface area (Å²) in [5, 5.41) is 10.1. The van der Waals surface area contributed by atoms with Crippen molar-refractivity contribution in [1.82, 2.24) is 4.98 Å². The van der Waals surface area contributed by atoms with Gasteiger partial charge in [0.1, 0.15) is 9.71 Å². The second-order valence-corrected chi connectivity index (χ2v) is 7.84. The number of benzene rings is 2. The van der Waals surface area contributed by atoms with E-state index in [9.17, 15) is 9.90 Å². The molecule has 0 radical (unpaired) electrons. The molecule has 5 rings (SSSR count). The maximum atomic E-state index is 11.5. The summed E-state index contributed by atoms with van der Waals surface area (Å²) in [4.78, 5) is 16.9. The number of aromatic carboxylic acids is 1. The van der Waals surface area contributed by atoms with Crippen LogP contribution in [0.3, 0.4) is 0 Å². The first kappa shape index (κ1) is 21.0. The summed E-state index contributed by atoms with van der Waals surface area (Å²) < 4.78 is 9.89. The van der Waals surface area contributed by atoms with Gasteiger partial charge < -0.3 is 20.3 Å². The van der Waals surface area contributed by atoms with E-state index in [1.54, 1.807) is 0 Å². The number of pyridine rings is 1. The molecule has 0 unspecified atom stereocenters. The maximum absolute atomic E-state index is 11.5. The lowest BCUT2D eigenvalue weighted by Gasteiger charge is -2.09. The first-order valence-electron chi connectivity index (χ1n) is 9.88. The van der Waals surface area contributed by atoms with Crippen molar-refractivity contribution < 1.29 is 19.4 Å². The number of fused-ring (bicyclic) bond motifs is 1. The number of carboxylic acids is 1. The molecule has 7 heteroatoms. The van der Waals surface area contributed by atoms with Gasteiger partial charge in [0.25, 0.3) is 0 Å². The number of thiophene rings is 1. The molecule has 4 aromatic rings. The molecule has 0 saturated carbocycles. The Bertz CT molecular complexity index is 1160. The lowest BCUT2D eigenvalue weighted by atomic mass is 9.99. The monoisotopic (exact) mass is 434 g/mol. The van der Waals surface area contributed by atoms with Crippen LogP contribution in [-0.2, 0) is 9.47 Å². The van der Waals surface area contributed by atoms with Crippen molar-refractivity contribution in [2.24, 2.45) is 0 Å². The van der Waals surface area contributed by atoms with Crippen molar-refractivity contribution in [2.45, 2.75) is 0 Å². The molecule has 2 aromatic heterocycles. The molecule has 0 atom stereocenters. The van der Waals surface area contributed by atoms with Gasteiger partial charge >= 0.3 is 5.97 Å². The van der Waals surface area contributed by atoms with E-state index in [2.05, 4.69) is 4.98 Å². The quantitative estimate of drug-likeness (QED) is 0.474. The fourth-order valence-electron chi connectivity index (χ4n) is 3.32. The van der Waals surface area contributed by atoms with Gasteiger partial charge in [0, 0.05) is 10.9 Å². The second kappa shape index (κ2) is 9.70. The van der Waals surface area contributed by atoms with Crippen LogP contribution in [-0.4, -0.2) is 42.5 Å². The van der Waals surface area contributed by atoms with E-state index in [4.69, 9.17) is 15.2 Å². The number of hydrogen-bond acceptors (Lipinski definition) is 6. The minimum absolute atomic E-state index is 0.130. The topological polar surface area (TPSA) is 94.7 Å². The van der Waals surface area contributed by atoms with Gasteiger partial charge in [-0.05, 0) is 17.2 Å². The fourth-order valence-corrected chi connectivity index (χ4v) is 4.28. The largest absolute Gasteiger partial charge is 0.477 e. The van der Waals surface area contributed by atoms with Crippen molar-refractivity contribution in [3.8, 4) is 22.4 Å². The fraction of sp³-hybridized carbons (Fsp3) is 0.167. The number of aromatic nitrogens is 1. The summed E-state index contributed by atoms with van der Waals surface area (Å²) in [5.74, 6) is -1.03. The second-order valence-electron chi connectivity index (χ2n) is 6.84. The van der Waals surface area contributed by atoms with E-state index in [1.807, 2.05) is 66.7 Å². The van der Waals surface area contributed by atoms with Gasteiger partial charge in [-0.2, -0.15) is 0 Å². The average molecular weight is 435 g/mol. The van der Waals surface area contributed by atoms with Crippen LogP contribution in [0.2, 0.25) is 0 Å². The molecular weight excluding hydrogens is 412 g/mol. The Kier molecular flexibility index (Phi) is 6.57. The molecular formula is C24H22N2O4S. The molecule has 3 N–H and O–H groups in total. The third-order valence-corrected chi connectivity index (χ3v) is 5.88. The van der Waals surface area contributed by atoms with Crippen LogP contribution in [0.1, 0.15) is 9.67 Å². The number of nitrogens with zero attached hydrogens (tertiary/aromatic N) is 1. The Balaban J connectivity index is 0.000000334. The van der Waals surface area contributed by atoms with Crippen molar-refractivity contribution in [3.05, 3.63) is 71.6 Å². The van der Waals surface area contributed by atoms with Crippen LogP contribution in [0.15, 0.2) is 66.7 Å². The number of carboxylic acid groups (broad SMARTS) is 1. The van der Waals surface area contributed by atoms with Gasteiger partial charge in [-0.1, -0.05) is 60.7 Å². The Hall–Kier alpha value is -3.26. The maximum Gasteiger partial charge on any atom is 0.348 e. The molecule has 1 aliphatic rings. The van der Waals surface area contributed by atoms with Crippen LogP contribution < -0.4 is 5.73 Å². The molecule has 6 nitrogen and oxygen atoms in total. The number of ether oxygens (including phenoxy) is 2. The summed E-state index contributed by atoms with van der Waals surface area (Å²) in [5.41, 5.74) is 10.1. The normalized spacial score (nSPS) is 13.4. The van der Waals surface area contributed by atoms with Crippen LogP contribution in [0.5, 0.6) is 0 Å². The Morgan fingerprint density at radius 3 is 1.97 bits per heavy atom. The van der Waals surface area contributed by atoms with Gasteiger partial charge in [-0.25, -0.2) is 9.78 Å². The average Bonchev–Trinajstić information content (AvgIpc) is 3.18. The highest BCUT2D eigenvalue weighted by atomic mass is 32.1. The minimum atomic E-state index is -1.03. The Morgan fingerprint density at radius 1 is 0.903 bits per heavy atom. The molecule has 0 aliphatic carbocycles. The van der Waals surface area contributed by atoms with Crippen molar-refractivity contribution in [1.29, 1.82) is 0 Å². The predicted molar refractivity (Wildman–Crippen MR) is 124 cm³/mol. The molecule has 0 spiro atoms. The zero-order chi connectivity index (χ0) is 21.6. The first-order chi connectivity index (χ1) is 15.1. The van der Waals surface area contributed by atoms with Gasteiger partial charge in [0.15, 0.2) is 0 Å². The molecule has 1 fully saturated rings. The van der Waals surface area contributed by atoms with E-state index in [-0.39, 0.29) is 10.6 Å². The van der Waals surface area contributed by atoms with E-state index < -0.39 is 5.97 Å². The lowest BCUT2D eigenvalue weighted by molar-refractivity contribution is -0.0334. The van der Waals surface area contributed by atoms with E-state index in [0.717, 1.165) is 60.1 Å². The summed E-state index contributed by atoms with van der Waals surface area (Å²) in [6.45, 7) is 3.11. The highest BCUT2D eigenvalue weighted by Gasteiger charge is 2.20. The molecule has 3 heterocycles. The van der Waals surface area contributed by atoms with E-state index in [1.165, 1.54) is 0 Å². The third kappa shape index (κ3) is 4.74. The summed E-state index contributed by atoms with van der Waals surface area (Å²) in [6.07, 6.45) is 0. The number of nitrogen functional groups attached to an aromatic ring is 1. The zero-order valence-corrected chi connectivity index (χ0v) is 17.6. The van der Waals surface area contributed by atoms with E-state index >= 15 is 0 Å². The Morgan fingerprint density at radius 2 is 1.45 bits per heavy atom. The van der Waals surface area contributed by atoms with Crippen LogP contribution >= 0.6 is 11.3 Å². The summed E-state index contributed by atoms with van der Waals surface area (Å²) in [7, 11) is 0. The van der Waals surface area contributed by atoms with Crippen LogP contribution in [0.25, 0.3) is 32.6 Å². The molecule has 31 heavy (non-hydrogen) atoms. The SMILES string of the molecule is C1COCCO1.Nc1c(C(=O)O)sc2nc(-c3ccccc3)cc(-c3ccccc3)c12. The number of carbonyl (C=O) groups is 1. The first-order valence-corrected chi connectivity index (χ1v) is 10.7. The van der Waals surface area contributed by atoms with Gasteiger partial charge in [0.05, 0.1) is 37.8 Å². The number of anilines is 1. The zero-order valence-electron chi connectivity index (χ0n) is 16.8. The van der Waals surface area contributed by atoms with E-state index in [0.29, 0.717) is 10.2 Å². The molecule has 0 amide bonds. The van der Waals surface area contributed by atoms with Gasteiger partial charge in [-0.3, -0.25) is 0 Å². The smallest absolute Gasteiger partial charge is 0.348 e. The number of rotatable bonds is 3. The molecule has 1 aliphatic heterocycles. The minimum Gasteiger partial charge on any atom is -0.477 e. The number of hydrogen-bond donors (Lipinski definition) is 2. The lowest BCUT2D eigenvalue weighted by Crippen LogP contribution is -2.16. The summed E-state index contributed by atoms with van der Waals surface area (Å²) >= 11 is 1.11. The standard InChI is InChI=1S/C20H14N2O2S.C4H8O2/c21-17-16-14(12-7-3-1-4-8-12)11-15(13-9-5-2-6-10-13)22-19(16)25-18(17)20(23)24;1-2-6-4-3-5-1/h1-11H,21H2,(H,23,24);1-4H2. The van der Waals surface area contributed by atoms with Gasteiger partial charge in [-0.15, -0.1) is 11.3 Å². The van der Waals surface area contributed by atoms with Crippen molar-refractivity contribution in [2.75, 3.05) is 32.2 Å². The van der Waals surface area contributed by atoms with Crippen LogP contribution in [0.4, 0.5) is 5.69 Å². The third-order valence-electron chi connectivity index (χ3n) is 4.79.